The van der Waals surface area contributed by atoms with Gasteiger partial charge in [0.2, 0.25) is 0 Å². The van der Waals surface area contributed by atoms with Gasteiger partial charge in [-0.3, -0.25) is 4.79 Å². The van der Waals surface area contributed by atoms with Crippen LogP contribution >= 0.6 is 22.7 Å². The Bertz CT molecular complexity index is 1440. The van der Waals surface area contributed by atoms with E-state index in [0.717, 1.165) is 32.0 Å². The molecule has 0 radical (unpaired) electrons. The molecular weight excluding hydrogens is 462 g/mol. The van der Waals surface area contributed by atoms with Crippen LogP contribution in [0.2, 0.25) is 0 Å². The highest BCUT2D eigenvalue weighted by Gasteiger charge is 2.16. The quantitative estimate of drug-likeness (QED) is 0.246. The van der Waals surface area contributed by atoms with E-state index >= 15 is 0 Å². The van der Waals surface area contributed by atoms with E-state index in [2.05, 4.69) is 22.5 Å². The number of carbonyl (C=O) groups is 1. The van der Waals surface area contributed by atoms with Crippen molar-refractivity contribution in [2.75, 3.05) is 16.4 Å². The van der Waals surface area contributed by atoms with Gasteiger partial charge in [-0.15, -0.1) is 11.3 Å². The maximum absolute atomic E-state index is 12.5. The predicted octanol–water partition coefficient (Wildman–Crippen LogP) is 6.82. The fraction of sp³-hybridized carbons (Fsp3) is 0.0385. The second-order valence-corrected chi connectivity index (χ2v) is 9.52. The van der Waals surface area contributed by atoms with Crippen molar-refractivity contribution in [3.8, 4) is 21.1 Å². The predicted molar refractivity (Wildman–Crippen MR) is 142 cm³/mol. The van der Waals surface area contributed by atoms with E-state index in [1.54, 1.807) is 12.1 Å². The van der Waals surface area contributed by atoms with E-state index < -0.39 is 0 Å². The number of rotatable bonds is 6. The van der Waals surface area contributed by atoms with Crippen molar-refractivity contribution in [1.82, 2.24) is 9.97 Å². The summed E-state index contributed by atoms with van der Waals surface area (Å²) in [6, 6.07) is 24.9. The third-order valence-corrected chi connectivity index (χ3v) is 7.09. The number of anilines is 4. The molecule has 0 spiro atoms. The third-order valence-electron chi connectivity index (χ3n) is 5.11. The van der Waals surface area contributed by atoms with Gasteiger partial charge >= 0.3 is 0 Å². The van der Waals surface area contributed by atoms with Crippen LogP contribution in [-0.4, -0.2) is 15.9 Å². The molecular formula is C26H21N5OS2. The molecule has 0 atom stereocenters. The highest BCUT2D eigenvalue weighted by molar-refractivity contribution is 7.23. The number of nitrogens with two attached hydrogens (primary N) is 1. The van der Waals surface area contributed by atoms with Gasteiger partial charge in [0.25, 0.3) is 5.91 Å². The van der Waals surface area contributed by atoms with Crippen LogP contribution in [0.1, 0.15) is 15.9 Å². The van der Waals surface area contributed by atoms with Crippen molar-refractivity contribution in [3.63, 3.8) is 0 Å². The number of benzene rings is 3. The van der Waals surface area contributed by atoms with Crippen molar-refractivity contribution in [1.29, 1.82) is 0 Å². The second kappa shape index (κ2) is 9.46. The number of thiazole rings is 2. The van der Waals surface area contributed by atoms with E-state index in [1.807, 2.05) is 72.1 Å². The summed E-state index contributed by atoms with van der Waals surface area (Å²) in [6.07, 6.45) is 0. The Morgan fingerprint density at radius 1 is 0.912 bits per heavy atom. The molecule has 6 nitrogen and oxygen atoms in total. The number of aromatic nitrogens is 2. The molecule has 5 aromatic rings. The number of nitrogens with one attached hydrogen (secondary N) is 2. The number of nitrogens with zero attached hydrogens (tertiary/aromatic N) is 2. The van der Waals surface area contributed by atoms with Gasteiger partial charge in [0.15, 0.2) is 5.13 Å². The van der Waals surface area contributed by atoms with Gasteiger partial charge in [-0.25, -0.2) is 9.97 Å². The lowest BCUT2D eigenvalue weighted by Gasteiger charge is -2.06. The minimum atomic E-state index is -0.150. The summed E-state index contributed by atoms with van der Waals surface area (Å²) in [4.78, 5) is 22.6. The normalized spacial score (nSPS) is 10.7. The van der Waals surface area contributed by atoms with Gasteiger partial charge in [0, 0.05) is 27.9 Å². The highest BCUT2D eigenvalue weighted by Crippen LogP contribution is 2.39. The standard InChI is InChI=1S/C26H21N5OS2/c1-16-10-12-19(13-11-16)29-26-31-23(27)22(34-26)25-30-21(15-33-25)18-8-5-9-20(14-18)28-24(32)17-6-3-2-4-7-17/h2-15H,27H2,1H3,(H,28,32)(H,29,31). The van der Waals surface area contributed by atoms with Crippen molar-refractivity contribution in [2.24, 2.45) is 0 Å². The minimum Gasteiger partial charge on any atom is -0.382 e. The zero-order valence-corrected chi connectivity index (χ0v) is 19.9. The van der Waals surface area contributed by atoms with Gasteiger partial charge in [-0.1, -0.05) is 59.4 Å². The summed E-state index contributed by atoms with van der Waals surface area (Å²) in [6.45, 7) is 2.05. The summed E-state index contributed by atoms with van der Waals surface area (Å²) in [5, 5.41) is 9.76. The molecule has 5 rings (SSSR count). The van der Waals surface area contributed by atoms with Crippen LogP contribution in [0.25, 0.3) is 21.1 Å². The van der Waals surface area contributed by atoms with E-state index in [-0.39, 0.29) is 5.91 Å². The average molecular weight is 484 g/mol. The van der Waals surface area contributed by atoms with Gasteiger partial charge in [-0.2, -0.15) is 0 Å². The molecule has 2 heterocycles. The number of amides is 1. The molecule has 0 fully saturated rings. The van der Waals surface area contributed by atoms with E-state index in [0.29, 0.717) is 17.1 Å². The summed E-state index contributed by atoms with van der Waals surface area (Å²) < 4.78 is 0. The highest BCUT2D eigenvalue weighted by atomic mass is 32.1. The molecule has 4 N–H and O–H groups in total. The molecule has 0 saturated carbocycles. The Morgan fingerprint density at radius 3 is 2.50 bits per heavy atom. The molecule has 1 amide bonds. The molecule has 3 aromatic carbocycles. The number of hydrogen-bond acceptors (Lipinski definition) is 7. The Balaban J connectivity index is 1.34. The van der Waals surface area contributed by atoms with E-state index in [1.165, 1.54) is 28.2 Å². The molecule has 0 unspecified atom stereocenters. The van der Waals surface area contributed by atoms with Crippen LogP contribution in [0.5, 0.6) is 0 Å². The maximum atomic E-state index is 12.5. The number of hydrogen-bond donors (Lipinski definition) is 3. The van der Waals surface area contributed by atoms with Crippen molar-refractivity contribution in [2.45, 2.75) is 6.92 Å². The van der Waals surface area contributed by atoms with Crippen LogP contribution in [0.3, 0.4) is 0 Å². The molecule has 0 bridgehead atoms. The number of carbonyl (C=O) groups excluding carboxylic acids is 1. The Kier molecular flexibility index (Phi) is 6.07. The first-order valence-corrected chi connectivity index (χ1v) is 12.3. The fourth-order valence-corrected chi connectivity index (χ4v) is 5.19. The topological polar surface area (TPSA) is 92.9 Å². The van der Waals surface area contributed by atoms with Crippen molar-refractivity contribution in [3.05, 3.63) is 95.4 Å². The lowest BCUT2D eigenvalue weighted by atomic mass is 10.1. The van der Waals surface area contributed by atoms with Crippen LogP contribution in [0, 0.1) is 6.92 Å². The zero-order chi connectivity index (χ0) is 23.5. The monoisotopic (exact) mass is 483 g/mol. The van der Waals surface area contributed by atoms with Gasteiger partial charge in [0.05, 0.1) is 5.69 Å². The number of nitrogen functional groups attached to an aromatic ring is 1. The van der Waals surface area contributed by atoms with Crippen LogP contribution < -0.4 is 16.4 Å². The first-order valence-electron chi connectivity index (χ1n) is 10.6. The van der Waals surface area contributed by atoms with Gasteiger partial charge in [-0.05, 0) is 43.3 Å². The van der Waals surface area contributed by atoms with Crippen LogP contribution in [-0.2, 0) is 0 Å². The number of aryl methyl sites for hydroxylation is 1. The first kappa shape index (κ1) is 21.8. The smallest absolute Gasteiger partial charge is 0.255 e. The van der Waals surface area contributed by atoms with Gasteiger partial charge < -0.3 is 16.4 Å². The zero-order valence-electron chi connectivity index (χ0n) is 18.3. The largest absolute Gasteiger partial charge is 0.382 e. The van der Waals surface area contributed by atoms with E-state index in [4.69, 9.17) is 10.7 Å². The molecule has 0 aliphatic carbocycles. The molecule has 0 aliphatic rings. The summed E-state index contributed by atoms with van der Waals surface area (Å²) in [7, 11) is 0. The van der Waals surface area contributed by atoms with Crippen LogP contribution in [0.15, 0.2) is 84.2 Å². The molecule has 34 heavy (non-hydrogen) atoms. The Morgan fingerprint density at radius 2 is 1.71 bits per heavy atom. The first-order chi connectivity index (χ1) is 16.5. The van der Waals surface area contributed by atoms with Gasteiger partial charge in [0.1, 0.15) is 15.7 Å². The summed E-state index contributed by atoms with van der Waals surface area (Å²) in [5.41, 5.74) is 11.4. The SMILES string of the molecule is Cc1ccc(Nc2nc(N)c(-c3nc(-c4cccc(NC(=O)c5ccccc5)c4)cs3)s2)cc1. The van der Waals surface area contributed by atoms with Crippen molar-refractivity contribution >= 4 is 50.9 Å². The Labute approximate surface area is 205 Å². The van der Waals surface area contributed by atoms with Crippen molar-refractivity contribution < 1.29 is 4.79 Å². The minimum absolute atomic E-state index is 0.150. The van der Waals surface area contributed by atoms with E-state index in [9.17, 15) is 4.79 Å². The molecule has 8 heteroatoms. The average Bonchev–Trinajstić information content (AvgIpc) is 3.48. The fourth-order valence-electron chi connectivity index (χ4n) is 3.36. The molecule has 2 aromatic heterocycles. The van der Waals surface area contributed by atoms with Crippen LogP contribution in [0.4, 0.5) is 22.3 Å². The Hall–Kier alpha value is -4.01. The second-order valence-electron chi connectivity index (χ2n) is 7.66. The summed E-state index contributed by atoms with van der Waals surface area (Å²) in [5.74, 6) is 0.298. The molecule has 0 saturated heterocycles. The lowest BCUT2D eigenvalue weighted by Crippen LogP contribution is -2.11. The molecule has 168 valence electrons. The maximum Gasteiger partial charge on any atom is 0.255 e. The lowest BCUT2D eigenvalue weighted by molar-refractivity contribution is 0.102. The molecule has 0 aliphatic heterocycles. The summed E-state index contributed by atoms with van der Waals surface area (Å²) >= 11 is 2.99. The third kappa shape index (κ3) is 4.83.